The number of aromatic nitrogens is 1. The Balaban J connectivity index is 1.69. The molecule has 1 atom stereocenters. The van der Waals surface area contributed by atoms with Gasteiger partial charge in [0.2, 0.25) is 0 Å². The van der Waals surface area contributed by atoms with Crippen molar-refractivity contribution in [3.05, 3.63) is 74.6 Å². The Morgan fingerprint density at radius 3 is 2.62 bits per heavy atom. The third-order valence-corrected chi connectivity index (χ3v) is 4.86. The van der Waals surface area contributed by atoms with E-state index in [1.807, 2.05) is 23.7 Å². The molecule has 1 aromatic carbocycles. The van der Waals surface area contributed by atoms with Crippen molar-refractivity contribution in [1.29, 1.82) is 0 Å². The average Bonchev–Trinajstić information content (AvgIpc) is 3.18. The third kappa shape index (κ3) is 3.97. The van der Waals surface area contributed by atoms with Gasteiger partial charge in [0.15, 0.2) is 0 Å². The number of rotatable bonds is 6. The van der Waals surface area contributed by atoms with E-state index in [9.17, 15) is 4.39 Å². The highest BCUT2D eigenvalue weighted by Crippen LogP contribution is 2.22. The number of hydrogen-bond acceptors (Lipinski definition) is 4. The highest BCUT2D eigenvalue weighted by molar-refractivity contribution is 7.09. The standard InChI is InChI=1S/C16H15FN2S2/c17-14-3-1-12(2-4-14)10-19-15(16-18-6-8-21-16)9-13-5-7-20-11-13/h1-8,11,15,19H,9-10H2. The van der Waals surface area contributed by atoms with E-state index in [-0.39, 0.29) is 11.9 Å². The lowest BCUT2D eigenvalue weighted by atomic mass is 10.1. The van der Waals surface area contributed by atoms with Crippen LogP contribution in [0.15, 0.2) is 52.7 Å². The number of thiazole rings is 1. The Kier molecular flexibility index (Phi) is 4.75. The Hall–Kier alpha value is -1.56. The molecule has 0 spiro atoms. The van der Waals surface area contributed by atoms with Crippen LogP contribution in [0.2, 0.25) is 0 Å². The molecule has 5 heteroatoms. The lowest BCUT2D eigenvalue weighted by molar-refractivity contribution is 0.528. The van der Waals surface area contributed by atoms with Gasteiger partial charge in [0.25, 0.3) is 0 Å². The van der Waals surface area contributed by atoms with E-state index in [0.29, 0.717) is 6.54 Å². The van der Waals surface area contributed by atoms with Crippen LogP contribution in [-0.2, 0) is 13.0 Å². The predicted octanol–water partition coefficient (Wildman–Crippen LogP) is 4.42. The minimum absolute atomic E-state index is 0.185. The van der Waals surface area contributed by atoms with Crippen LogP contribution in [0.25, 0.3) is 0 Å². The van der Waals surface area contributed by atoms with Crippen molar-refractivity contribution in [3.8, 4) is 0 Å². The number of nitrogens with one attached hydrogen (secondary N) is 1. The Morgan fingerprint density at radius 1 is 1.10 bits per heavy atom. The van der Waals surface area contributed by atoms with Crippen LogP contribution in [0, 0.1) is 5.82 Å². The molecule has 2 aromatic heterocycles. The largest absolute Gasteiger partial charge is 0.304 e. The monoisotopic (exact) mass is 318 g/mol. The van der Waals surface area contributed by atoms with Gasteiger partial charge >= 0.3 is 0 Å². The summed E-state index contributed by atoms with van der Waals surface area (Å²) >= 11 is 3.37. The SMILES string of the molecule is Fc1ccc(CNC(Cc2ccsc2)c2nccs2)cc1. The summed E-state index contributed by atoms with van der Waals surface area (Å²) in [5.74, 6) is -0.200. The fourth-order valence-electron chi connectivity index (χ4n) is 2.14. The first-order valence-electron chi connectivity index (χ1n) is 6.69. The van der Waals surface area contributed by atoms with Crippen molar-refractivity contribution in [3.63, 3.8) is 0 Å². The van der Waals surface area contributed by atoms with Crippen molar-refractivity contribution in [2.75, 3.05) is 0 Å². The molecule has 0 aliphatic heterocycles. The smallest absolute Gasteiger partial charge is 0.123 e. The molecule has 3 aromatic rings. The summed E-state index contributed by atoms with van der Waals surface area (Å²) in [6.07, 6.45) is 2.75. The van der Waals surface area contributed by atoms with Gasteiger partial charge in [-0.3, -0.25) is 0 Å². The van der Waals surface area contributed by atoms with Gasteiger partial charge in [0.1, 0.15) is 10.8 Å². The van der Waals surface area contributed by atoms with E-state index < -0.39 is 0 Å². The lowest BCUT2D eigenvalue weighted by Crippen LogP contribution is -2.22. The zero-order valence-corrected chi connectivity index (χ0v) is 13.0. The van der Waals surface area contributed by atoms with Gasteiger partial charge in [0.05, 0.1) is 6.04 Å². The normalized spacial score (nSPS) is 12.4. The number of benzene rings is 1. The van der Waals surface area contributed by atoms with Gasteiger partial charge in [0, 0.05) is 18.1 Å². The molecule has 0 aliphatic carbocycles. The molecule has 108 valence electrons. The second kappa shape index (κ2) is 6.93. The van der Waals surface area contributed by atoms with Gasteiger partial charge in [-0.15, -0.1) is 11.3 Å². The van der Waals surface area contributed by atoms with Crippen LogP contribution in [0.4, 0.5) is 4.39 Å². The molecule has 1 N–H and O–H groups in total. The molecular weight excluding hydrogens is 303 g/mol. The number of hydrogen-bond donors (Lipinski definition) is 1. The molecule has 0 saturated heterocycles. The van der Waals surface area contributed by atoms with Gasteiger partial charge < -0.3 is 5.32 Å². The van der Waals surface area contributed by atoms with Crippen LogP contribution >= 0.6 is 22.7 Å². The molecule has 0 radical (unpaired) electrons. The van der Waals surface area contributed by atoms with E-state index in [4.69, 9.17) is 0 Å². The van der Waals surface area contributed by atoms with Gasteiger partial charge in [-0.1, -0.05) is 12.1 Å². The predicted molar refractivity (Wildman–Crippen MR) is 86.1 cm³/mol. The van der Waals surface area contributed by atoms with Crippen molar-refractivity contribution < 1.29 is 4.39 Å². The molecule has 1 unspecified atom stereocenters. The molecule has 0 amide bonds. The van der Waals surface area contributed by atoms with E-state index in [1.54, 1.807) is 22.7 Å². The summed E-state index contributed by atoms with van der Waals surface area (Å²) in [5.41, 5.74) is 2.38. The van der Waals surface area contributed by atoms with E-state index >= 15 is 0 Å². The first kappa shape index (κ1) is 14.4. The zero-order chi connectivity index (χ0) is 14.5. The third-order valence-electron chi connectivity index (χ3n) is 3.24. The quantitative estimate of drug-likeness (QED) is 0.728. The van der Waals surface area contributed by atoms with Gasteiger partial charge in [-0.05, 0) is 46.5 Å². The van der Waals surface area contributed by atoms with Crippen molar-refractivity contribution in [2.24, 2.45) is 0 Å². The van der Waals surface area contributed by atoms with Crippen LogP contribution in [-0.4, -0.2) is 4.98 Å². The van der Waals surface area contributed by atoms with Crippen LogP contribution < -0.4 is 5.32 Å². The molecule has 0 fully saturated rings. The summed E-state index contributed by atoms with van der Waals surface area (Å²) in [6.45, 7) is 0.703. The summed E-state index contributed by atoms with van der Waals surface area (Å²) in [6, 6.07) is 8.94. The highest BCUT2D eigenvalue weighted by atomic mass is 32.1. The molecule has 3 rings (SSSR count). The molecule has 2 heterocycles. The Bertz CT molecular complexity index is 648. The van der Waals surface area contributed by atoms with Crippen LogP contribution in [0.3, 0.4) is 0 Å². The summed E-state index contributed by atoms with van der Waals surface area (Å²) in [4.78, 5) is 4.42. The minimum Gasteiger partial charge on any atom is -0.304 e. The van der Waals surface area contributed by atoms with E-state index in [0.717, 1.165) is 17.0 Å². The first-order chi connectivity index (χ1) is 10.3. The fourth-order valence-corrected chi connectivity index (χ4v) is 3.54. The second-order valence-electron chi connectivity index (χ2n) is 4.77. The molecular formula is C16H15FN2S2. The highest BCUT2D eigenvalue weighted by Gasteiger charge is 2.14. The number of thiophene rings is 1. The summed E-state index contributed by atoms with van der Waals surface area (Å²) in [5, 5.41) is 10.9. The maximum Gasteiger partial charge on any atom is 0.123 e. The maximum absolute atomic E-state index is 12.9. The molecule has 2 nitrogen and oxygen atoms in total. The van der Waals surface area contributed by atoms with Crippen molar-refractivity contribution in [2.45, 2.75) is 19.0 Å². The van der Waals surface area contributed by atoms with Gasteiger partial charge in [-0.2, -0.15) is 11.3 Å². The maximum atomic E-state index is 12.9. The fraction of sp³-hybridized carbons (Fsp3) is 0.188. The molecule has 0 bridgehead atoms. The number of halogens is 1. The molecule has 0 saturated carbocycles. The Labute approximate surface area is 131 Å². The van der Waals surface area contributed by atoms with Crippen molar-refractivity contribution in [1.82, 2.24) is 10.3 Å². The Morgan fingerprint density at radius 2 is 1.95 bits per heavy atom. The lowest BCUT2D eigenvalue weighted by Gasteiger charge is -2.16. The molecule has 21 heavy (non-hydrogen) atoms. The topological polar surface area (TPSA) is 24.9 Å². The number of nitrogens with zero attached hydrogens (tertiary/aromatic N) is 1. The second-order valence-corrected chi connectivity index (χ2v) is 6.47. The van der Waals surface area contributed by atoms with E-state index in [2.05, 4.69) is 27.1 Å². The average molecular weight is 318 g/mol. The van der Waals surface area contributed by atoms with Gasteiger partial charge in [-0.25, -0.2) is 9.37 Å². The summed E-state index contributed by atoms with van der Waals surface area (Å²) < 4.78 is 12.9. The first-order valence-corrected chi connectivity index (χ1v) is 8.52. The minimum atomic E-state index is -0.200. The van der Waals surface area contributed by atoms with E-state index in [1.165, 1.54) is 17.7 Å². The molecule has 0 aliphatic rings. The van der Waals surface area contributed by atoms with Crippen LogP contribution in [0.5, 0.6) is 0 Å². The van der Waals surface area contributed by atoms with Crippen LogP contribution in [0.1, 0.15) is 22.2 Å². The zero-order valence-electron chi connectivity index (χ0n) is 11.3. The van der Waals surface area contributed by atoms with Crippen molar-refractivity contribution >= 4 is 22.7 Å². The summed E-state index contributed by atoms with van der Waals surface area (Å²) in [7, 11) is 0.